The molecular formula is C27H48O. The summed E-state index contributed by atoms with van der Waals surface area (Å²) in [5.74, 6) is 5.93. The van der Waals surface area contributed by atoms with Crippen LogP contribution < -0.4 is 0 Å². The average Bonchev–Trinajstić information content (AvgIpc) is 3.04. The van der Waals surface area contributed by atoms with Gasteiger partial charge in [-0.1, -0.05) is 53.4 Å². The Kier molecular flexibility index (Phi) is 6.24. The quantitative estimate of drug-likeness (QED) is 0.496. The van der Waals surface area contributed by atoms with Crippen molar-refractivity contribution in [3.8, 4) is 0 Å². The number of aliphatic hydroxyl groups excluding tert-OH is 1. The third kappa shape index (κ3) is 3.50. The first-order valence-corrected chi connectivity index (χ1v) is 13.1. The largest absolute Gasteiger partial charge is 0.393 e. The molecule has 4 fully saturated rings. The summed E-state index contributed by atoms with van der Waals surface area (Å²) >= 11 is 0. The smallest absolute Gasteiger partial charge is 0.0537 e. The zero-order valence-electron chi connectivity index (χ0n) is 19.4. The molecule has 1 heteroatoms. The molecule has 0 aromatic carbocycles. The van der Waals surface area contributed by atoms with Crippen molar-refractivity contribution in [2.24, 2.45) is 46.3 Å². The van der Waals surface area contributed by atoms with Crippen LogP contribution in [0.3, 0.4) is 0 Å². The predicted octanol–water partition coefficient (Wildman–Crippen LogP) is 7.61. The Bertz CT molecular complexity index is 528. The van der Waals surface area contributed by atoms with E-state index in [-0.39, 0.29) is 6.10 Å². The highest BCUT2D eigenvalue weighted by Crippen LogP contribution is 2.68. The van der Waals surface area contributed by atoms with Gasteiger partial charge in [0.2, 0.25) is 0 Å². The minimum absolute atomic E-state index is 0.0685. The van der Waals surface area contributed by atoms with Crippen molar-refractivity contribution in [3.05, 3.63) is 0 Å². The Balaban J connectivity index is 1.43. The molecule has 28 heavy (non-hydrogen) atoms. The van der Waals surface area contributed by atoms with Crippen LogP contribution in [0.1, 0.15) is 118 Å². The molecule has 0 aliphatic heterocycles. The van der Waals surface area contributed by atoms with Crippen LogP contribution in [0.25, 0.3) is 0 Å². The van der Waals surface area contributed by atoms with Crippen molar-refractivity contribution in [2.75, 3.05) is 0 Å². The van der Waals surface area contributed by atoms with Gasteiger partial charge in [0.25, 0.3) is 0 Å². The fourth-order valence-corrected chi connectivity index (χ4v) is 9.35. The van der Waals surface area contributed by atoms with Crippen LogP contribution in [-0.2, 0) is 0 Å². The van der Waals surface area contributed by atoms with Crippen LogP contribution in [0.2, 0.25) is 0 Å². The van der Waals surface area contributed by atoms with Crippen LogP contribution in [0.15, 0.2) is 0 Å². The molecule has 1 N–H and O–H groups in total. The van der Waals surface area contributed by atoms with Crippen LogP contribution in [0, 0.1) is 46.3 Å². The first kappa shape index (κ1) is 21.2. The predicted molar refractivity (Wildman–Crippen MR) is 119 cm³/mol. The van der Waals surface area contributed by atoms with Gasteiger partial charge in [0.05, 0.1) is 6.10 Å². The van der Waals surface area contributed by atoms with Gasteiger partial charge < -0.3 is 5.11 Å². The summed E-state index contributed by atoms with van der Waals surface area (Å²) in [5.41, 5.74) is 1.30. The molecule has 0 spiro atoms. The van der Waals surface area contributed by atoms with E-state index in [1.807, 2.05) is 0 Å². The lowest BCUT2D eigenvalue weighted by Crippen LogP contribution is -2.53. The third-order valence-corrected chi connectivity index (χ3v) is 11.0. The van der Waals surface area contributed by atoms with E-state index in [0.29, 0.717) is 10.8 Å². The maximum absolute atomic E-state index is 9.92. The van der Waals surface area contributed by atoms with Crippen LogP contribution in [0.4, 0.5) is 0 Å². The van der Waals surface area contributed by atoms with Gasteiger partial charge in [0.15, 0.2) is 0 Å². The lowest BCUT2D eigenvalue weighted by atomic mass is 9.44. The van der Waals surface area contributed by atoms with Crippen molar-refractivity contribution in [1.82, 2.24) is 0 Å². The van der Waals surface area contributed by atoms with Crippen LogP contribution in [0.5, 0.6) is 0 Å². The summed E-state index contributed by atoms with van der Waals surface area (Å²) in [7, 11) is 0. The van der Waals surface area contributed by atoms with Crippen molar-refractivity contribution in [1.29, 1.82) is 0 Å². The third-order valence-electron chi connectivity index (χ3n) is 11.0. The molecule has 0 aromatic rings. The summed E-state index contributed by atoms with van der Waals surface area (Å²) in [5, 5.41) is 9.92. The molecule has 0 amide bonds. The highest BCUT2D eigenvalue weighted by molar-refractivity contribution is 5.09. The second-order valence-electron chi connectivity index (χ2n) is 12.1. The summed E-state index contributed by atoms with van der Waals surface area (Å²) in [6, 6.07) is 0. The Morgan fingerprint density at radius 1 is 0.857 bits per heavy atom. The number of aliphatic hydroxyl groups is 1. The van der Waals surface area contributed by atoms with Crippen LogP contribution in [-0.4, -0.2) is 11.2 Å². The molecule has 0 bridgehead atoms. The van der Waals surface area contributed by atoms with Crippen LogP contribution >= 0.6 is 0 Å². The van der Waals surface area contributed by atoms with Gasteiger partial charge in [-0.15, -0.1) is 0 Å². The highest BCUT2D eigenvalue weighted by Gasteiger charge is 2.59. The zero-order chi connectivity index (χ0) is 19.9. The van der Waals surface area contributed by atoms with Gasteiger partial charge in [-0.2, -0.15) is 0 Å². The molecule has 162 valence electrons. The number of fused-ring (bicyclic) bond motifs is 5. The Morgan fingerprint density at radius 3 is 2.43 bits per heavy atom. The van der Waals surface area contributed by atoms with Gasteiger partial charge >= 0.3 is 0 Å². The maximum atomic E-state index is 9.92. The van der Waals surface area contributed by atoms with Gasteiger partial charge in [-0.25, -0.2) is 0 Å². The fraction of sp³-hybridized carbons (Fsp3) is 1.00. The minimum Gasteiger partial charge on any atom is -0.393 e. The molecule has 0 aromatic heterocycles. The summed E-state index contributed by atoms with van der Waals surface area (Å²) < 4.78 is 0. The maximum Gasteiger partial charge on any atom is 0.0537 e. The molecule has 0 heterocycles. The molecular weight excluding hydrogens is 340 g/mol. The Labute approximate surface area is 175 Å². The van der Waals surface area contributed by atoms with Crippen molar-refractivity contribution in [3.63, 3.8) is 0 Å². The molecule has 9 atom stereocenters. The molecule has 4 aliphatic rings. The van der Waals surface area contributed by atoms with E-state index >= 15 is 0 Å². The molecule has 4 saturated carbocycles. The number of rotatable bonds is 6. The van der Waals surface area contributed by atoms with E-state index in [2.05, 4.69) is 27.7 Å². The van der Waals surface area contributed by atoms with Crippen molar-refractivity contribution >= 4 is 0 Å². The molecule has 1 nitrogen and oxygen atoms in total. The lowest BCUT2D eigenvalue weighted by Gasteiger charge is -2.61. The lowest BCUT2D eigenvalue weighted by molar-refractivity contribution is -0.114. The molecule has 0 radical (unpaired) electrons. The average molecular weight is 389 g/mol. The highest BCUT2D eigenvalue weighted by atomic mass is 16.3. The van der Waals surface area contributed by atoms with E-state index in [1.54, 1.807) is 12.8 Å². The molecule has 4 rings (SSSR count). The van der Waals surface area contributed by atoms with Crippen molar-refractivity contribution in [2.45, 2.75) is 124 Å². The van der Waals surface area contributed by atoms with Gasteiger partial charge in [0.1, 0.15) is 0 Å². The summed E-state index contributed by atoms with van der Waals surface area (Å²) in [6.07, 6.45) is 19.6. The standard InChI is InChI=1S/C27H48O/c1-5-21(28)11-8-9-19(2)23-14-15-24-22-13-12-20-10-6-7-17-26(20,3)25(22)16-18-27(23,24)4/h19-25,28H,5-18H2,1-4H3/t19-,20-,21?,22+,23-,24+,25+,26+,27-/m1/s1. The van der Waals surface area contributed by atoms with E-state index in [4.69, 9.17) is 0 Å². The summed E-state index contributed by atoms with van der Waals surface area (Å²) in [6.45, 7) is 10.1. The minimum atomic E-state index is -0.0685. The first-order valence-electron chi connectivity index (χ1n) is 13.1. The van der Waals surface area contributed by atoms with Gasteiger partial charge in [-0.05, 0) is 111 Å². The second kappa shape index (κ2) is 8.24. The molecule has 1 unspecified atom stereocenters. The normalized spacial score (nSPS) is 47.7. The molecule has 0 saturated heterocycles. The fourth-order valence-electron chi connectivity index (χ4n) is 9.35. The Morgan fingerprint density at radius 2 is 1.64 bits per heavy atom. The topological polar surface area (TPSA) is 20.2 Å². The second-order valence-corrected chi connectivity index (χ2v) is 12.1. The monoisotopic (exact) mass is 388 g/mol. The summed E-state index contributed by atoms with van der Waals surface area (Å²) in [4.78, 5) is 0. The van der Waals surface area contributed by atoms with E-state index < -0.39 is 0 Å². The first-order chi connectivity index (χ1) is 13.4. The van der Waals surface area contributed by atoms with E-state index in [1.165, 1.54) is 64.2 Å². The van der Waals surface area contributed by atoms with E-state index in [0.717, 1.165) is 48.3 Å². The number of hydrogen-bond acceptors (Lipinski definition) is 1. The zero-order valence-corrected chi connectivity index (χ0v) is 19.4. The van der Waals surface area contributed by atoms with Gasteiger partial charge in [-0.3, -0.25) is 0 Å². The van der Waals surface area contributed by atoms with Crippen molar-refractivity contribution < 1.29 is 5.11 Å². The molecule has 4 aliphatic carbocycles. The Hall–Kier alpha value is -0.0400. The van der Waals surface area contributed by atoms with Gasteiger partial charge in [0, 0.05) is 0 Å². The number of hydrogen-bond donors (Lipinski definition) is 1. The SMILES string of the molecule is CCC(O)CCC[C@@H](C)[C@H]1CC[C@H]2[C@@H]3CC[C@H]4CCCC[C@]4(C)[C@H]3CC[C@]12C. The van der Waals surface area contributed by atoms with E-state index in [9.17, 15) is 5.11 Å².